The fraction of sp³-hybridized carbons (Fsp3) is 0.0333. The summed E-state index contributed by atoms with van der Waals surface area (Å²) in [6.07, 6.45) is 0. The maximum atomic E-state index is 2.57. The Hall–Kier alpha value is -8.14. The van der Waals surface area contributed by atoms with Crippen LogP contribution in [0, 0.1) is 13.8 Å². The molecule has 3 heteroatoms. The van der Waals surface area contributed by atoms with E-state index in [1.165, 1.54) is 65.0 Å². The lowest BCUT2D eigenvalue weighted by molar-refractivity contribution is 1.20. The van der Waals surface area contributed by atoms with Crippen molar-refractivity contribution < 1.29 is 0 Å². The highest BCUT2D eigenvalue weighted by atomic mass is 15.2. The summed E-state index contributed by atoms with van der Waals surface area (Å²) in [7, 11) is 0. The van der Waals surface area contributed by atoms with Crippen LogP contribution >= 0.6 is 0 Å². The van der Waals surface area contributed by atoms with E-state index in [0.29, 0.717) is 0 Å². The molecule has 1 heterocycles. The van der Waals surface area contributed by atoms with Crippen molar-refractivity contribution in [2.24, 2.45) is 0 Å². The number of para-hydroxylation sites is 2. The molecule has 11 aromatic carbocycles. The average molecular weight is 806 g/mol. The van der Waals surface area contributed by atoms with Gasteiger partial charge in [0.05, 0.1) is 28.1 Å². The van der Waals surface area contributed by atoms with E-state index in [9.17, 15) is 0 Å². The highest BCUT2D eigenvalue weighted by Gasteiger charge is 2.26. The summed E-state index contributed by atoms with van der Waals surface area (Å²) >= 11 is 0. The number of hydrogen-bond acceptors (Lipinski definition) is 2. The van der Waals surface area contributed by atoms with Crippen LogP contribution in [0.1, 0.15) is 11.1 Å². The Morgan fingerprint density at radius 2 is 0.667 bits per heavy atom. The molecule has 63 heavy (non-hydrogen) atoms. The number of nitrogens with zero attached hydrogens (tertiary/aromatic N) is 3. The van der Waals surface area contributed by atoms with Crippen LogP contribution in [0.4, 0.5) is 34.1 Å². The molecule has 0 spiro atoms. The van der Waals surface area contributed by atoms with Crippen molar-refractivity contribution in [2.45, 2.75) is 13.8 Å². The van der Waals surface area contributed by atoms with Crippen LogP contribution in [-0.2, 0) is 0 Å². The molecule has 0 amide bonds. The molecule has 0 saturated heterocycles. The predicted octanol–water partition coefficient (Wildman–Crippen LogP) is 17.0. The van der Waals surface area contributed by atoms with E-state index in [1.54, 1.807) is 0 Å². The molecule has 0 bridgehead atoms. The van der Waals surface area contributed by atoms with Crippen molar-refractivity contribution in [1.82, 2.24) is 4.57 Å². The average Bonchev–Trinajstić information content (AvgIpc) is 3.67. The highest BCUT2D eigenvalue weighted by molar-refractivity contribution is 6.32. The molecule has 0 unspecified atom stereocenters. The van der Waals surface area contributed by atoms with Crippen LogP contribution in [0.2, 0.25) is 0 Å². The molecule has 0 N–H and O–H groups in total. The van der Waals surface area contributed by atoms with Crippen molar-refractivity contribution in [3.63, 3.8) is 0 Å². The van der Waals surface area contributed by atoms with Crippen molar-refractivity contribution in [3.8, 4) is 5.69 Å². The third kappa shape index (κ3) is 5.96. The second kappa shape index (κ2) is 14.8. The van der Waals surface area contributed by atoms with Gasteiger partial charge in [-0.1, -0.05) is 169 Å². The molecule has 0 aliphatic rings. The SMILES string of the molecule is Cc1ccc(N(c2ccccc2)c2cc3c(c4ccccc24)c2c4ccccc4c(N(c4ccccc4)c4ccc(C)cc4)cc2n3-c2cc3ccccc3c3ccccc23)cc1. The molecule has 0 aliphatic heterocycles. The largest absolute Gasteiger partial charge is 0.310 e. The Balaban J connectivity index is 1.30. The standard InChI is InChI=1S/C60H43N3/c1-40-29-33-45(34-30-40)61(43-18-5-3-6-19-43)55-38-57-59(52-27-15-13-25-50(52)55)60-53-28-16-14-26-51(53)56(62(44-20-7-4-8-21-44)46-35-31-41(2)32-36-46)39-58(60)63(57)54-37-42-17-9-10-22-47(42)48-23-11-12-24-49(48)54/h3-39H,1-2H3. The molecule has 0 saturated carbocycles. The third-order valence-corrected chi connectivity index (χ3v) is 12.8. The van der Waals surface area contributed by atoms with Gasteiger partial charge in [0.25, 0.3) is 0 Å². The highest BCUT2D eigenvalue weighted by Crippen LogP contribution is 2.50. The number of aryl methyl sites for hydroxylation is 2. The van der Waals surface area contributed by atoms with Gasteiger partial charge in [-0.25, -0.2) is 0 Å². The topological polar surface area (TPSA) is 11.4 Å². The zero-order valence-electron chi connectivity index (χ0n) is 35.2. The van der Waals surface area contributed by atoms with Gasteiger partial charge in [0.2, 0.25) is 0 Å². The lowest BCUT2D eigenvalue weighted by Crippen LogP contribution is -2.11. The van der Waals surface area contributed by atoms with Gasteiger partial charge in [-0.15, -0.1) is 0 Å². The maximum absolute atomic E-state index is 2.57. The van der Waals surface area contributed by atoms with E-state index in [2.05, 4.69) is 253 Å². The third-order valence-electron chi connectivity index (χ3n) is 12.8. The van der Waals surface area contributed by atoms with Gasteiger partial charge in [-0.2, -0.15) is 0 Å². The Morgan fingerprint density at radius 1 is 0.302 bits per heavy atom. The minimum Gasteiger partial charge on any atom is -0.310 e. The van der Waals surface area contributed by atoms with Gasteiger partial charge >= 0.3 is 0 Å². The summed E-state index contributed by atoms with van der Waals surface area (Å²) in [4.78, 5) is 4.86. The molecular formula is C60H43N3. The molecule has 0 atom stereocenters. The quantitative estimate of drug-likeness (QED) is 0.149. The second-order valence-corrected chi connectivity index (χ2v) is 16.7. The van der Waals surface area contributed by atoms with Gasteiger partial charge in [-0.3, -0.25) is 0 Å². The minimum atomic E-state index is 1.11. The number of hydrogen-bond donors (Lipinski definition) is 0. The van der Waals surface area contributed by atoms with Gasteiger partial charge in [0.1, 0.15) is 0 Å². The van der Waals surface area contributed by atoms with Crippen LogP contribution in [0.15, 0.2) is 224 Å². The minimum absolute atomic E-state index is 1.11. The maximum Gasteiger partial charge on any atom is 0.0568 e. The van der Waals surface area contributed by atoms with Gasteiger partial charge in [0, 0.05) is 49.7 Å². The monoisotopic (exact) mass is 805 g/mol. The first-order valence-electron chi connectivity index (χ1n) is 21.8. The first-order chi connectivity index (χ1) is 31.1. The van der Waals surface area contributed by atoms with Gasteiger partial charge < -0.3 is 14.4 Å². The van der Waals surface area contributed by atoms with E-state index in [4.69, 9.17) is 0 Å². The first-order valence-corrected chi connectivity index (χ1v) is 21.8. The van der Waals surface area contributed by atoms with E-state index in [-0.39, 0.29) is 0 Å². The zero-order valence-corrected chi connectivity index (χ0v) is 35.2. The molecule has 0 fully saturated rings. The number of rotatable bonds is 7. The fourth-order valence-electron chi connectivity index (χ4n) is 9.94. The first kappa shape index (κ1) is 36.7. The van der Waals surface area contributed by atoms with E-state index >= 15 is 0 Å². The van der Waals surface area contributed by atoms with E-state index in [0.717, 1.165) is 50.8 Å². The number of aromatic nitrogens is 1. The molecule has 0 aliphatic carbocycles. The molecule has 1 aromatic heterocycles. The Morgan fingerprint density at radius 3 is 1.14 bits per heavy atom. The number of benzene rings is 11. The van der Waals surface area contributed by atoms with E-state index in [1.807, 2.05) is 0 Å². The zero-order chi connectivity index (χ0) is 42.0. The molecular weight excluding hydrogens is 763 g/mol. The summed E-state index contributed by atoms with van der Waals surface area (Å²) in [6.45, 7) is 4.31. The molecule has 12 aromatic rings. The molecule has 298 valence electrons. The number of fused-ring (bicyclic) bond motifs is 10. The molecule has 3 nitrogen and oxygen atoms in total. The predicted molar refractivity (Wildman–Crippen MR) is 270 cm³/mol. The lowest BCUT2D eigenvalue weighted by Gasteiger charge is -2.27. The normalized spacial score (nSPS) is 11.7. The Labute approximate surface area is 366 Å². The lowest BCUT2D eigenvalue weighted by atomic mass is 9.96. The molecule has 12 rings (SSSR count). The van der Waals surface area contributed by atoms with Crippen molar-refractivity contribution in [3.05, 3.63) is 236 Å². The second-order valence-electron chi connectivity index (χ2n) is 16.7. The smallest absolute Gasteiger partial charge is 0.0568 e. The summed E-state index contributed by atoms with van der Waals surface area (Å²) < 4.78 is 2.57. The van der Waals surface area contributed by atoms with Crippen LogP contribution in [-0.4, -0.2) is 4.57 Å². The van der Waals surface area contributed by atoms with Gasteiger partial charge in [0.15, 0.2) is 0 Å². The summed E-state index contributed by atoms with van der Waals surface area (Å²) in [5, 5.41) is 12.2. The fourth-order valence-corrected chi connectivity index (χ4v) is 9.94. The van der Waals surface area contributed by atoms with Crippen molar-refractivity contribution in [1.29, 1.82) is 0 Å². The summed E-state index contributed by atoms with van der Waals surface area (Å²) in [5.41, 5.74) is 12.6. The van der Waals surface area contributed by atoms with Crippen LogP contribution in [0.5, 0.6) is 0 Å². The number of anilines is 6. The van der Waals surface area contributed by atoms with Gasteiger partial charge in [-0.05, 0) is 108 Å². The van der Waals surface area contributed by atoms with E-state index < -0.39 is 0 Å². The summed E-state index contributed by atoms with van der Waals surface area (Å²) in [5.74, 6) is 0. The van der Waals surface area contributed by atoms with Crippen molar-refractivity contribution >= 4 is 99.0 Å². The Bertz CT molecular complexity index is 3500. The Kier molecular flexibility index (Phi) is 8.62. The van der Waals surface area contributed by atoms with Crippen LogP contribution in [0.3, 0.4) is 0 Å². The van der Waals surface area contributed by atoms with Crippen LogP contribution in [0.25, 0.3) is 70.6 Å². The van der Waals surface area contributed by atoms with Crippen molar-refractivity contribution in [2.75, 3.05) is 9.80 Å². The summed E-state index contributed by atoms with van der Waals surface area (Å²) in [6, 6.07) is 82.5. The van der Waals surface area contributed by atoms with Crippen LogP contribution < -0.4 is 9.80 Å². The molecule has 0 radical (unpaired) electrons.